The van der Waals surface area contributed by atoms with Gasteiger partial charge in [0.15, 0.2) is 0 Å². The maximum atomic E-state index is 10.5. The SMILES string of the molecule is Cl.N#Cc1ccccc1CC(N)C(=O)O. The van der Waals surface area contributed by atoms with Gasteiger partial charge in [-0.15, -0.1) is 12.4 Å². The molecule has 0 heterocycles. The number of nitrogens with zero attached hydrogens (tertiary/aromatic N) is 1. The molecule has 0 saturated heterocycles. The van der Waals surface area contributed by atoms with Crippen LogP contribution < -0.4 is 5.73 Å². The normalized spacial score (nSPS) is 10.9. The number of hydrogen-bond acceptors (Lipinski definition) is 3. The molecule has 1 unspecified atom stereocenters. The highest BCUT2D eigenvalue weighted by molar-refractivity contribution is 5.85. The van der Waals surface area contributed by atoms with E-state index in [-0.39, 0.29) is 18.8 Å². The quantitative estimate of drug-likeness (QED) is 0.803. The Morgan fingerprint density at radius 2 is 2.13 bits per heavy atom. The fourth-order valence-corrected chi connectivity index (χ4v) is 1.13. The Hall–Kier alpha value is -1.57. The monoisotopic (exact) mass is 226 g/mol. The maximum absolute atomic E-state index is 10.5. The van der Waals surface area contributed by atoms with E-state index in [4.69, 9.17) is 16.1 Å². The zero-order chi connectivity index (χ0) is 10.6. The molecule has 0 amide bonds. The van der Waals surface area contributed by atoms with Crippen molar-refractivity contribution in [2.45, 2.75) is 12.5 Å². The summed E-state index contributed by atoms with van der Waals surface area (Å²) in [5.41, 5.74) is 6.51. The molecular formula is C10H11ClN2O2. The second kappa shape index (κ2) is 6.02. The van der Waals surface area contributed by atoms with Gasteiger partial charge in [-0.2, -0.15) is 5.26 Å². The Balaban J connectivity index is 0.00000196. The van der Waals surface area contributed by atoms with Gasteiger partial charge < -0.3 is 10.8 Å². The van der Waals surface area contributed by atoms with Crippen molar-refractivity contribution in [3.05, 3.63) is 35.4 Å². The molecule has 1 aromatic carbocycles. The van der Waals surface area contributed by atoms with Crippen LogP contribution in [-0.4, -0.2) is 17.1 Å². The highest BCUT2D eigenvalue weighted by atomic mass is 35.5. The predicted octanol–water partition coefficient (Wildman–Crippen LogP) is 0.934. The molecule has 0 spiro atoms. The molecule has 1 aromatic rings. The second-order valence-electron chi connectivity index (χ2n) is 2.92. The largest absolute Gasteiger partial charge is 0.480 e. The second-order valence-corrected chi connectivity index (χ2v) is 2.92. The van der Waals surface area contributed by atoms with Gasteiger partial charge in [-0.3, -0.25) is 4.79 Å². The topological polar surface area (TPSA) is 87.1 Å². The lowest BCUT2D eigenvalue weighted by molar-refractivity contribution is -0.138. The number of rotatable bonds is 3. The Morgan fingerprint density at radius 1 is 1.53 bits per heavy atom. The first-order valence-corrected chi connectivity index (χ1v) is 4.11. The summed E-state index contributed by atoms with van der Waals surface area (Å²) in [5.74, 6) is -1.06. The maximum Gasteiger partial charge on any atom is 0.320 e. The number of nitrogens with two attached hydrogens (primary N) is 1. The average Bonchev–Trinajstić information content (AvgIpc) is 2.18. The van der Waals surface area contributed by atoms with Crippen LogP contribution in [-0.2, 0) is 11.2 Å². The molecule has 0 fully saturated rings. The minimum atomic E-state index is -1.06. The first-order valence-electron chi connectivity index (χ1n) is 4.11. The highest BCUT2D eigenvalue weighted by Crippen LogP contribution is 2.09. The van der Waals surface area contributed by atoms with E-state index >= 15 is 0 Å². The van der Waals surface area contributed by atoms with Crippen LogP contribution in [0.15, 0.2) is 24.3 Å². The van der Waals surface area contributed by atoms with Crippen molar-refractivity contribution in [2.24, 2.45) is 5.73 Å². The third kappa shape index (κ3) is 3.58. The van der Waals surface area contributed by atoms with Crippen molar-refractivity contribution in [1.29, 1.82) is 5.26 Å². The van der Waals surface area contributed by atoms with Crippen LogP contribution in [0, 0.1) is 11.3 Å². The fourth-order valence-electron chi connectivity index (χ4n) is 1.13. The van der Waals surface area contributed by atoms with Gasteiger partial charge in [0.05, 0.1) is 11.6 Å². The van der Waals surface area contributed by atoms with Crippen LogP contribution in [0.25, 0.3) is 0 Å². The van der Waals surface area contributed by atoms with Crippen molar-refractivity contribution in [3.63, 3.8) is 0 Å². The Kier molecular flexibility index (Phi) is 5.39. The summed E-state index contributed by atoms with van der Waals surface area (Å²) in [6.07, 6.45) is 0.180. The van der Waals surface area contributed by atoms with Gasteiger partial charge in [-0.25, -0.2) is 0 Å². The van der Waals surface area contributed by atoms with Crippen molar-refractivity contribution in [1.82, 2.24) is 0 Å². The lowest BCUT2D eigenvalue weighted by Gasteiger charge is -2.07. The smallest absolute Gasteiger partial charge is 0.320 e. The van der Waals surface area contributed by atoms with Crippen LogP contribution >= 0.6 is 12.4 Å². The number of benzene rings is 1. The molecule has 0 aliphatic heterocycles. The zero-order valence-electron chi connectivity index (χ0n) is 7.88. The minimum absolute atomic E-state index is 0. The third-order valence-electron chi connectivity index (χ3n) is 1.89. The van der Waals surface area contributed by atoms with Gasteiger partial charge in [-0.05, 0) is 18.1 Å². The van der Waals surface area contributed by atoms with E-state index in [1.807, 2.05) is 6.07 Å². The Morgan fingerprint density at radius 3 is 2.67 bits per heavy atom. The number of aliphatic carboxylic acids is 1. The van der Waals surface area contributed by atoms with Gasteiger partial charge in [0.2, 0.25) is 0 Å². The molecule has 15 heavy (non-hydrogen) atoms. The van der Waals surface area contributed by atoms with E-state index < -0.39 is 12.0 Å². The number of nitriles is 1. The standard InChI is InChI=1S/C10H10N2O2.ClH/c11-6-8-4-2-1-3-7(8)5-9(12)10(13)14;/h1-4,9H,5,12H2,(H,13,14);1H. The Labute approximate surface area is 93.7 Å². The van der Waals surface area contributed by atoms with Crippen LogP contribution in [0.2, 0.25) is 0 Å². The Bertz CT molecular complexity index is 387. The lowest BCUT2D eigenvalue weighted by atomic mass is 10.0. The third-order valence-corrected chi connectivity index (χ3v) is 1.89. The van der Waals surface area contributed by atoms with E-state index in [0.29, 0.717) is 11.1 Å². The summed E-state index contributed by atoms with van der Waals surface area (Å²) in [6, 6.07) is 7.87. The van der Waals surface area contributed by atoms with Crippen molar-refractivity contribution in [2.75, 3.05) is 0 Å². The highest BCUT2D eigenvalue weighted by Gasteiger charge is 2.13. The van der Waals surface area contributed by atoms with E-state index in [1.165, 1.54) is 0 Å². The minimum Gasteiger partial charge on any atom is -0.480 e. The summed E-state index contributed by atoms with van der Waals surface area (Å²) in [6.45, 7) is 0. The van der Waals surface area contributed by atoms with Crippen LogP contribution in [0.3, 0.4) is 0 Å². The molecule has 0 bridgehead atoms. The molecule has 80 valence electrons. The lowest BCUT2D eigenvalue weighted by Crippen LogP contribution is -2.32. The van der Waals surface area contributed by atoms with Crippen molar-refractivity contribution >= 4 is 18.4 Å². The predicted molar refractivity (Wildman–Crippen MR) is 57.7 cm³/mol. The number of carboxylic acid groups (broad SMARTS) is 1. The van der Waals surface area contributed by atoms with E-state index in [2.05, 4.69) is 0 Å². The van der Waals surface area contributed by atoms with E-state index in [1.54, 1.807) is 24.3 Å². The molecule has 1 rings (SSSR count). The number of carbonyl (C=O) groups is 1. The molecule has 4 nitrogen and oxygen atoms in total. The van der Waals surface area contributed by atoms with Crippen molar-refractivity contribution in [3.8, 4) is 6.07 Å². The van der Waals surface area contributed by atoms with E-state index in [9.17, 15) is 4.79 Å². The summed E-state index contributed by atoms with van der Waals surface area (Å²) in [4.78, 5) is 10.5. The summed E-state index contributed by atoms with van der Waals surface area (Å²) < 4.78 is 0. The zero-order valence-corrected chi connectivity index (χ0v) is 8.70. The molecule has 1 atom stereocenters. The molecule has 0 radical (unpaired) electrons. The summed E-state index contributed by atoms with van der Waals surface area (Å²) in [7, 11) is 0. The number of halogens is 1. The van der Waals surface area contributed by atoms with Gasteiger partial charge in [0.1, 0.15) is 6.04 Å². The summed E-state index contributed by atoms with van der Waals surface area (Å²) >= 11 is 0. The number of carboxylic acids is 1. The summed E-state index contributed by atoms with van der Waals surface area (Å²) in [5, 5.41) is 17.3. The molecule has 0 aliphatic rings. The van der Waals surface area contributed by atoms with Crippen LogP contribution in [0.1, 0.15) is 11.1 Å². The molecular weight excluding hydrogens is 216 g/mol. The average molecular weight is 227 g/mol. The molecule has 0 saturated carbocycles. The van der Waals surface area contributed by atoms with Crippen molar-refractivity contribution < 1.29 is 9.90 Å². The molecule has 0 aromatic heterocycles. The molecule has 5 heteroatoms. The first kappa shape index (κ1) is 13.4. The first-order chi connectivity index (χ1) is 6.65. The van der Waals surface area contributed by atoms with Gasteiger partial charge >= 0.3 is 5.97 Å². The molecule has 0 aliphatic carbocycles. The van der Waals surface area contributed by atoms with E-state index in [0.717, 1.165) is 0 Å². The fraction of sp³-hybridized carbons (Fsp3) is 0.200. The van der Waals surface area contributed by atoms with Gasteiger partial charge in [-0.1, -0.05) is 18.2 Å². The van der Waals surface area contributed by atoms with Crippen LogP contribution in [0.4, 0.5) is 0 Å². The number of hydrogen-bond donors (Lipinski definition) is 2. The van der Waals surface area contributed by atoms with Gasteiger partial charge in [0.25, 0.3) is 0 Å². The molecule has 3 N–H and O–H groups in total. The van der Waals surface area contributed by atoms with Gasteiger partial charge in [0, 0.05) is 0 Å². The van der Waals surface area contributed by atoms with Crippen LogP contribution in [0.5, 0.6) is 0 Å².